The van der Waals surface area contributed by atoms with E-state index in [1.54, 1.807) is 12.1 Å². The van der Waals surface area contributed by atoms with Crippen molar-refractivity contribution in [1.82, 2.24) is 15.0 Å². The van der Waals surface area contributed by atoms with E-state index in [1.165, 1.54) is 12.4 Å². The number of nitrogens with zero attached hydrogens (tertiary/aromatic N) is 3. The minimum Gasteiger partial charge on any atom is -0.375 e. The molecule has 1 saturated heterocycles. The van der Waals surface area contributed by atoms with Gasteiger partial charge in [0.1, 0.15) is 5.82 Å². The maximum atomic E-state index is 13.3. The first-order valence-corrected chi connectivity index (χ1v) is 9.21. The van der Waals surface area contributed by atoms with Crippen LogP contribution in [0.15, 0.2) is 30.6 Å². The summed E-state index contributed by atoms with van der Waals surface area (Å²) in [5.41, 5.74) is -0.572. The van der Waals surface area contributed by atoms with Crippen LogP contribution in [0.4, 0.5) is 19.0 Å². The highest BCUT2D eigenvalue weighted by Gasteiger charge is 2.40. The van der Waals surface area contributed by atoms with Gasteiger partial charge in [-0.3, -0.25) is 4.98 Å². The SMILES string of the molecule is FC(F)(F)c1cc(NC2CCOC3(CCCC3)C2)nc(-c2ccncc2)n1. The van der Waals surface area contributed by atoms with Crippen LogP contribution >= 0.6 is 0 Å². The first kappa shape index (κ1) is 18.2. The highest BCUT2D eigenvalue weighted by atomic mass is 19.4. The van der Waals surface area contributed by atoms with Crippen molar-refractivity contribution in [1.29, 1.82) is 0 Å². The lowest BCUT2D eigenvalue weighted by Gasteiger charge is -2.38. The zero-order valence-electron chi connectivity index (χ0n) is 14.8. The van der Waals surface area contributed by atoms with Crippen LogP contribution in [-0.4, -0.2) is 33.2 Å². The van der Waals surface area contributed by atoms with Crippen molar-refractivity contribution < 1.29 is 17.9 Å². The van der Waals surface area contributed by atoms with Crippen LogP contribution in [0.2, 0.25) is 0 Å². The Morgan fingerprint density at radius 2 is 1.85 bits per heavy atom. The van der Waals surface area contributed by atoms with Crippen LogP contribution in [0.5, 0.6) is 0 Å². The van der Waals surface area contributed by atoms with E-state index in [0.717, 1.165) is 44.6 Å². The summed E-state index contributed by atoms with van der Waals surface area (Å²) in [5, 5.41) is 3.21. The lowest BCUT2D eigenvalue weighted by molar-refractivity contribution is -0.141. The van der Waals surface area contributed by atoms with E-state index in [4.69, 9.17) is 4.74 Å². The fourth-order valence-electron chi connectivity index (χ4n) is 4.02. The van der Waals surface area contributed by atoms with Crippen LogP contribution in [-0.2, 0) is 10.9 Å². The van der Waals surface area contributed by atoms with Gasteiger partial charge < -0.3 is 10.1 Å². The van der Waals surface area contributed by atoms with Crippen molar-refractivity contribution in [3.63, 3.8) is 0 Å². The van der Waals surface area contributed by atoms with Gasteiger partial charge >= 0.3 is 6.18 Å². The van der Waals surface area contributed by atoms with Crippen molar-refractivity contribution in [3.05, 3.63) is 36.3 Å². The highest BCUT2D eigenvalue weighted by molar-refractivity contribution is 5.57. The molecule has 1 saturated carbocycles. The Morgan fingerprint density at radius 3 is 2.56 bits per heavy atom. The first-order valence-electron chi connectivity index (χ1n) is 9.21. The summed E-state index contributed by atoms with van der Waals surface area (Å²) < 4.78 is 46.0. The maximum Gasteiger partial charge on any atom is 0.433 e. The second-order valence-corrected chi connectivity index (χ2v) is 7.27. The molecule has 1 spiro atoms. The summed E-state index contributed by atoms with van der Waals surface area (Å²) in [7, 11) is 0. The number of ether oxygens (including phenoxy) is 1. The van der Waals surface area contributed by atoms with Crippen LogP contribution in [0.25, 0.3) is 11.4 Å². The van der Waals surface area contributed by atoms with E-state index in [2.05, 4.69) is 20.3 Å². The van der Waals surface area contributed by atoms with Gasteiger partial charge in [-0.1, -0.05) is 12.8 Å². The van der Waals surface area contributed by atoms with Gasteiger partial charge in [0.2, 0.25) is 0 Å². The Hall–Kier alpha value is -2.22. The quantitative estimate of drug-likeness (QED) is 0.854. The van der Waals surface area contributed by atoms with Crippen molar-refractivity contribution in [3.8, 4) is 11.4 Å². The Labute approximate surface area is 155 Å². The minimum absolute atomic E-state index is 0.0392. The summed E-state index contributed by atoms with van der Waals surface area (Å²) in [6, 6.07) is 4.22. The zero-order valence-corrected chi connectivity index (χ0v) is 14.8. The Kier molecular flexibility index (Phi) is 4.75. The standard InChI is InChI=1S/C19H21F3N4O/c20-19(21,22)15-11-16(26-17(25-15)13-3-8-23-9-4-13)24-14-5-10-27-18(12-14)6-1-2-7-18/h3-4,8-9,11,14H,1-2,5-7,10,12H2,(H,24,25,26). The average molecular weight is 378 g/mol. The van der Waals surface area contributed by atoms with E-state index in [1.807, 2.05) is 0 Å². The largest absolute Gasteiger partial charge is 0.433 e. The molecule has 0 amide bonds. The zero-order chi connectivity index (χ0) is 18.9. The molecule has 0 bridgehead atoms. The smallest absolute Gasteiger partial charge is 0.375 e. The topological polar surface area (TPSA) is 59.9 Å². The molecule has 2 aliphatic rings. The number of hydrogen-bond donors (Lipinski definition) is 1. The van der Waals surface area contributed by atoms with Gasteiger partial charge in [-0.05, 0) is 37.8 Å². The molecule has 1 unspecified atom stereocenters. The van der Waals surface area contributed by atoms with Gasteiger partial charge in [-0.2, -0.15) is 13.2 Å². The molecule has 5 nitrogen and oxygen atoms in total. The molecule has 4 rings (SSSR count). The summed E-state index contributed by atoms with van der Waals surface area (Å²) in [6.45, 7) is 0.617. The third-order valence-corrected chi connectivity index (χ3v) is 5.31. The van der Waals surface area contributed by atoms with Crippen molar-refractivity contribution in [2.75, 3.05) is 11.9 Å². The van der Waals surface area contributed by atoms with Gasteiger partial charge in [0, 0.05) is 36.7 Å². The molecule has 1 atom stereocenters. The maximum absolute atomic E-state index is 13.3. The summed E-state index contributed by atoms with van der Waals surface area (Å²) >= 11 is 0. The lowest BCUT2D eigenvalue weighted by Crippen LogP contribution is -2.42. The van der Waals surface area contributed by atoms with Crippen molar-refractivity contribution in [2.45, 2.75) is 56.3 Å². The summed E-state index contributed by atoms with van der Waals surface area (Å²) in [4.78, 5) is 11.9. The third-order valence-electron chi connectivity index (χ3n) is 5.31. The predicted octanol–water partition coefficient (Wildman–Crippen LogP) is 4.46. The Morgan fingerprint density at radius 1 is 1.11 bits per heavy atom. The number of alkyl halides is 3. The molecule has 0 radical (unpaired) electrons. The second kappa shape index (κ2) is 7.07. The van der Waals surface area contributed by atoms with Crippen molar-refractivity contribution in [2.24, 2.45) is 0 Å². The molecule has 0 aromatic carbocycles. The molecular formula is C19H21F3N4O. The Bertz CT molecular complexity index is 791. The molecule has 2 aromatic rings. The minimum atomic E-state index is -4.54. The first-order chi connectivity index (χ1) is 12.9. The van der Waals surface area contributed by atoms with Crippen LogP contribution < -0.4 is 5.32 Å². The molecular weight excluding hydrogens is 357 g/mol. The molecule has 1 aliphatic heterocycles. The monoisotopic (exact) mass is 378 g/mol. The molecule has 27 heavy (non-hydrogen) atoms. The molecule has 144 valence electrons. The fraction of sp³-hybridized carbons (Fsp3) is 0.526. The number of pyridine rings is 1. The van der Waals surface area contributed by atoms with E-state index >= 15 is 0 Å². The van der Waals surface area contributed by atoms with E-state index in [0.29, 0.717) is 12.2 Å². The average Bonchev–Trinajstić information content (AvgIpc) is 3.09. The molecule has 1 aliphatic carbocycles. The van der Waals surface area contributed by atoms with Gasteiger partial charge in [-0.15, -0.1) is 0 Å². The van der Waals surface area contributed by atoms with Gasteiger partial charge in [0.15, 0.2) is 11.5 Å². The molecule has 8 heteroatoms. The fourth-order valence-corrected chi connectivity index (χ4v) is 4.02. The molecule has 1 N–H and O–H groups in total. The Balaban J connectivity index is 1.61. The van der Waals surface area contributed by atoms with Crippen molar-refractivity contribution >= 4 is 5.82 Å². The normalized spacial score (nSPS) is 22.1. The van der Waals surface area contributed by atoms with Crippen LogP contribution in [0, 0.1) is 0 Å². The summed E-state index contributed by atoms with van der Waals surface area (Å²) in [5.74, 6) is 0.238. The number of anilines is 1. The molecule has 2 aromatic heterocycles. The molecule has 2 fully saturated rings. The van der Waals surface area contributed by atoms with Crippen LogP contribution in [0.1, 0.15) is 44.2 Å². The number of nitrogens with one attached hydrogen (secondary N) is 1. The highest BCUT2D eigenvalue weighted by Crippen LogP contribution is 2.40. The van der Waals surface area contributed by atoms with Gasteiger partial charge in [0.05, 0.1) is 5.60 Å². The number of aromatic nitrogens is 3. The second-order valence-electron chi connectivity index (χ2n) is 7.27. The summed E-state index contributed by atoms with van der Waals surface area (Å²) in [6.07, 6.45) is 4.35. The number of rotatable bonds is 3. The van der Waals surface area contributed by atoms with Gasteiger partial charge in [0.25, 0.3) is 0 Å². The van der Waals surface area contributed by atoms with E-state index < -0.39 is 11.9 Å². The number of hydrogen-bond acceptors (Lipinski definition) is 5. The third kappa shape index (κ3) is 4.05. The lowest BCUT2D eigenvalue weighted by atomic mass is 9.89. The predicted molar refractivity (Wildman–Crippen MR) is 94.1 cm³/mol. The van der Waals surface area contributed by atoms with E-state index in [-0.39, 0.29) is 23.3 Å². The number of halogens is 3. The van der Waals surface area contributed by atoms with Gasteiger partial charge in [-0.25, -0.2) is 9.97 Å². The van der Waals surface area contributed by atoms with E-state index in [9.17, 15) is 13.2 Å². The molecule has 3 heterocycles. The van der Waals surface area contributed by atoms with Crippen LogP contribution in [0.3, 0.4) is 0 Å².